The molecule has 1 saturated carbocycles. The zero-order valence-corrected chi connectivity index (χ0v) is 11.7. The Morgan fingerprint density at radius 3 is 2.30 bits per heavy atom. The third kappa shape index (κ3) is 2.66. The van der Waals surface area contributed by atoms with Crippen LogP contribution >= 0.6 is 11.8 Å². The number of hydrogen-bond acceptors (Lipinski definition) is 3. The molecule has 0 radical (unpaired) electrons. The van der Waals surface area contributed by atoms with Crippen molar-refractivity contribution in [3.05, 3.63) is 29.6 Å². The summed E-state index contributed by atoms with van der Waals surface area (Å²) in [4.78, 5) is 4.41. The van der Waals surface area contributed by atoms with Crippen LogP contribution < -0.4 is 5.32 Å². The minimum absolute atomic E-state index is 0.274. The molecule has 0 atom stereocenters. The molecule has 1 N–H and O–H groups in total. The third-order valence-corrected chi connectivity index (χ3v) is 5.24. The first-order valence-corrected chi connectivity index (χ1v) is 7.65. The summed E-state index contributed by atoms with van der Waals surface area (Å²) in [7, 11) is 0. The van der Waals surface area contributed by atoms with Gasteiger partial charge in [0.25, 0.3) is 0 Å². The zero-order chi connectivity index (χ0) is 14.2. The Bertz CT molecular complexity index is 530. The molecule has 108 valence electrons. The van der Waals surface area contributed by atoms with Crippen molar-refractivity contribution < 1.29 is 13.2 Å². The van der Waals surface area contributed by atoms with Crippen LogP contribution in [0.15, 0.2) is 17.1 Å². The lowest BCUT2D eigenvalue weighted by Crippen LogP contribution is -2.30. The standard InChI is InChI=1S/C14H15F3N2S/c15-9-5-10(16)12(11(17)6-9)19-13-18-7-14(8-20-13)3-1-2-4-14/h5-6H,1-4,7-8H2,(H,18,19). The van der Waals surface area contributed by atoms with Crippen molar-refractivity contribution in [1.29, 1.82) is 0 Å². The van der Waals surface area contributed by atoms with E-state index in [2.05, 4.69) is 10.3 Å². The minimum atomic E-state index is -0.938. The molecular weight excluding hydrogens is 285 g/mol. The van der Waals surface area contributed by atoms with E-state index in [-0.39, 0.29) is 11.1 Å². The molecule has 1 spiro atoms. The summed E-state index contributed by atoms with van der Waals surface area (Å²) in [5, 5.41) is 3.15. The molecule has 1 aromatic carbocycles. The van der Waals surface area contributed by atoms with Crippen LogP contribution in [-0.4, -0.2) is 17.5 Å². The highest BCUT2D eigenvalue weighted by molar-refractivity contribution is 8.14. The van der Waals surface area contributed by atoms with E-state index < -0.39 is 17.5 Å². The largest absolute Gasteiger partial charge is 0.330 e. The number of nitrogens with zero attached hydrogens (tertiary/aromatic N) is 1. The molecule has 1 heterocycles. The molecule has 2 nitrogen and oxygen atoms in total. The predicted molar refractivity (Wildman–Crippen MR) is 75.6 cm³/mol. The van der Waals surface area contributed by atoms with Gasteiger partial charge in [-0.3, -0.25) is 4.99 Å². The lowest BCUT2D eigenvalue weighted by Gasteiger charge is -2.31. The minimum Gasteiger partial charge on any atom is -0.330 e. The average Bonchev–Trinajstić information content (AvgIpc) is 2.85. The van der Waals surface area contributed by atoms with Crippen molar-refractivity contribution in [2.24, 2.45) is 10.4 Å². The summed E-state index contributed by atoms with van der Waals surface area (Å²) >= 11 is 1.49. The van der Waals surface area contributed by atoms with E-state index in [9.17, 15) is 13.2 Å². The normalized spacial score (nSPS) is 21.1. The van der Waals surface area contributed by atoms with E-state index in [1.165, 1.54) is 37.4 Å². The SMILES string of the molecule is Fc1cc(F)c(NC2=NCC3(CCCC3)CS2)c(F)c1. The Morgan fingerprint density at radius 2 is 1.75 bits per heavy atom. The van der Waals surface area contributed by atoms with Gasteiger partial charge in [-0.05, 0) is 18.3 Å². The highest BCUT2D eigenvalue weighted by atomic mass is 32.2. The molecule has 0 bridgehead atoms. The van der Waals surface area contributed by atoms with Crippen molar-refractivity contribution in [1.82, 2.24) is 0 Å². The van der Waals surface area contributed by atoms with Gasteiger partial charge in [0.1, 0.15) is 11.5 Å². The van der Waals surface area contributed by atoms with Gasteiger partial charge in [0, 0.05) is 24.4 Å². The molecule has 6 heteroatoms. The summed E-state index contributed by atoms with van der Waals surface area (Å²) in [5.74, 6) is -1.88. The summed E-state index contributed by atoms with van der Waals surface area (Å²) in [6.07, 6.45) is 4.83. The smallest absolute Gasteiger partial charge is 0.161 e. The Kier molecular flexibility index (Phi) is 3.67. The van der Waals surface area contributed by atoms with Gasteiger partial charge in [0.2, 0.25) is 0 Å². The van der Waals surface area contributed by atoms with E-state index in [1.54, 1.807) is 0 Å². The lowest BCUT2D eigenvalue weighted by molar-refractivity contribution is 0.359. The Labute approximate surface area is 119 Å². The molecule has 1 fully saturated rings. The molecule has 1 aliphatic carbocycles. The fourth-order valence-electron chi connectivity index (χ4n) is 2.82. The quantitative estimate of drug-likeness (QED) is 0.841. The van der Waals surface area contributed by atoms with Crippen molar-refractivity contribution in [2.45, 2.75) is 25.7 Å². The number of aliphatic imine (C=N–C) groups is 1. The highest BCUT2D eigenvalue weighted by Crippen LogP contribution is 2.43. The number of hydrogen-bond donors (Lipinski definition) is 1. The van der Waals surface area contributed by atoms with Gasteiger partial charge in [-0.1, -0.05) is 24.6 Å². The Hall–Kier alpha value is -1.17. The fourth-order valence-corrected chi connectivity index (χ4v) is 3.98. The van der Waals surface area contributed by atoms with Gasteiger partial charge >= 0.3 is 0 Å². The number of rotatable bonds is 1. The second kappa shape index (κ2) is 5.31. The van der Waals surface area contributed by atoms with E-state index in [1.807, 2.05) is 0 Å². The van der Waals surface area contributed by atoms with Gasteiger partial charge in [-0.2, -0.15) is 0 Å². The summed E-state index contributed by atoms with van der Waals surface area (Å²) in [6.45, 7) is 0.701. The maximum absolute atomic E-state index is 13.6. The number of nitrogens with one attached hydrogen (secondary N) is 1. The van der Waals surface area contributed by atoms with Crippen LogP contribution in [0.5, 0.6) is 0 Å². The van der Waals surface area contributed by atoms with Crippen molar-refractivity contribution in [3.8, 4) is 0 Å². The third-order valence-electron chi connectivity index (χ3n) is 3.98. The van der Waals surface area contributed by atoms with Crippen LogP contribution in [-0.2, 0) is 0 Å². The van der Waals surface area contributed by atoms with Crippen LogP contribution in [0.4, 0.5) is 18.9 Å². The van der Waals surface area contributed by atoms with Crippen LogP contribution in [0.25, 0.3) is 0 Å². The van der Waals surface area contributed by atoms with E-state index in [0.29, 0.717) is 23.8 Å². The number of anilines is 1. The number of halogens is 3. The average molecular weight is 300 g/mol. The molecule has 0 saturated heterocycles. The van der Waals surface area contributed by atoms with E-state index >= 15 is 0 Å². The van der Waals surface area contributed by atoms with E-state index in [0.717, 1.165) is 5.75 Å². The molecule has 3 rings (SSSR count). The maximum atomic E-state index is 13.6. The zero-order valence-electron chi connectivity index (χ0n) is 10.9. The number of amidine groups is 1. The van der Waals surface area contributed by atoms with Crippen LogP contribution in [0.2, 0.25) is 0 Å². The molecule has 1 aliphatic heterocycles. The van der Waals surface area contributed by atoms with Crippen LogP contribution in [0, 0.1) is 22.9 Å². The number of benzene rings is 1. The second-order valence-electron chi connectivity index (χ2n) is 5.49. The molecule has 0 aromatic heterocycles. The van der Waals surface area contributed by atoms with Crippen LogP contribution in [0.3, 0.4) is 0 Å². The highest BCUT2D eigenvalue weighted by Gasteiger charge is 2.36. The topological polar surface area (TPSA) is 24.4 Å². The second-order valence-corrected chi connectivity index (χ2v) is 6.45. The summed E-state index contributed by atoms with van der Waals surface area (Å²) in [6, 6.07) is 1.33. The van der Waals surface area contributed by atoms with Crippen molar-refractivity contribution in [2.75, 3.05) is 17.6 Å². The maximum Gasteiger partial charge on any atom is 0.161 e. The fraction of sp³-hybridized carbons (Fsp3) is 0.500. The molecule has 1 aromatic rings. The molecule has 2 aliphatic rings. The molecule has 20 heavy (non-hydrogen) atoms. The first-order chi connectivity index (χ1) is 9.58. The van der Waals surface area contributed by atoms with Crippen LogP contribution in [0.1, 0.15) is 25.7 Å². The van der Waals surface area contributed by atoms with Crippen molar-refractivity contribution in [3.63, 3.8) is 0 Å². The first kappa shape index (κ1) is 13.8. The van der Waals surface area contributed by atoms with Gasteiger partial charge in [-0.15, -0.1) is 0 Å². The summed E-state index contributed by atoms with van der Waals surface area (Å²) < 4.78 is 40.0. The van der Waals surface area contributed by atoms with Crippen molar-refractivity contribution >= 4 is 22.6 Å². The molecular formula is C14H15F3N2S. The molecule has 0 unspecified atom stereocenters. The van der Waals surface area contributed by atoms with E-state index in [4.69, 9.17) is 0 Å². The lowest BCUT2D eigenvalue weighted by atomic mass is 9.89. The van der Waals surface area contributed by atoms with Gasteiger partial charge in [0.15, 0.2) is 16.8 Å². The predicted octanol–water partition coefficient (Wildman–Crippen LogP) is 4.18. The van der Waals surface area contributed by atoms with Gasteiger partial charge < -0.3 is 5.32 Å². The summed E-state index contributed by atoms with van der Waals surface area (Å²) in [5.41, 5.74) is -0.0598. The first-order valence-electron chi connectivity index (χ1n) is 6.67. The monoisotopic (exact) mass is 300 g/mol. The Morgan fingerprint density at radius 1 is 1.10 bits per heavy atom. The molecule has 0 amide bonds. The van der Waals surface area contributed by atoms with Gasteiger partial charge in [0.05, 0.1) is 0 Å². The number of thioether (sulfide) groups is 1. The Balaban J connectivity index is 1.75. The van der Waals surface area contributed by atoms with Gasteiger partial charge in [-0.25, -0.2) is 13.2 Å².